The van der Waals surface area contributed by atoms with Crippen molar-refractivity contribution in [2.45, 2.75) is 26.5 Å². The van der Waals surface area contributed by atoms with Crippen LogP contribution in [0, 0.1) is 13.8 Å². The van der Waals surface area contributed by atoms with E-state index in [0.717, 1.165) is 48.4 Å². The molecule has 6 heteroatoms. The van der Waals surface area contributed by atoms with Crippen LogP contribution in [0.5, 0.6) is 0 Å². The quantitative estimate of drug-likeness (QED) is 0.806. The summed E-state index contributed by atoms with van der Waals surface area (Å²) in [5.74, 6) is 2.84. The van der Waals surface area contributed by atoms with Crippen molar-refractivity contribution < 1.29 is 9.47 Å². The maximum Gasteiger partial charge on any atom is 0.158 e. The minimum absolute atomic E-state index is 0.0432. The summed E-state index contributed by atoms with van der Waals surface area (Å²) in [6, 6.07) is 0. The molecule has 20 heavy (non-hydrogen) atoms. The standard InChI is InChI=1S/C14H23N3O2S/c1-10-12(8-15-4-5-18-3)11(2)17-14(16-10)13-9-20-7-6-19-13/h13,15H,4-9H2,1-3H3. The summed E-state index contributed by atoms with van der Waals surface area (Å²) in [5.41, 5.74) is 3.25. The molecule has 0 bridgehead atoms. The molecule has 1 atom stereocenters. The van der Waals surface area contributed by atoms with Gasteiger partial charge < -0.3 is 14.8 Å². The van der Waals surface area contributed by atoms with Crippen LogP contribution < -0.4 is 5.32 Å². The summed E-state index contributed by atoms with van der Waals surface area (Å²) >= 11 is 1.90. The number of ether oxygens (including phenoxy) is 2. The average Bonchev–Trinajstić information content (AvgIpc) is 2.46. The molecule has 1 saturated heterocycles. The lowest BCUT2D eigenvalue weighted by molar-refractivity contribution is 0.0691. The Labute approximate surface area is 124 Å². The Bertz CT molecular complexity index is 413. The molecular weight excluding hydrogens is 274 g/mol. The highest BCUT2D eigenvalue weighted by Gasteiger charge is 2.21. The summed E-state index contributed by atoms with van der Waals surface area (Å²) in [4.78, 5) is 9.27. The Morgan fingerprint density at radius 1 is 1.35 bits per heavy atom. The molecule has 0 amide bonds. The van der Waals surface area contributed by atoms with E-state index in [-0.39, 0.29) is 6.10 Å². The molecule has 1 aliphatic heterocycles. The number of thioether (sulfide) groups is 1. The molecular formula is C14H23N3O2S. The van der Waals surface area contributed by atoms with Gasteiger partial charge >= 0.3 is 0 Å². The van der Waals surface area contributed by atoms with Crippen LogP contribution in [0.2, 0.25) is 0 Å². The van der Waals surface area contributed by atoms with Gasteiger partial charge in [-0.15, -0.1) is 0 Å². The second-order valence-corrected chi connectivity index (χ2v) is 5.98. The van der Waals surface area contributed by atoms with E-state index in [1.54, 1.807) is 7.11 Å². The number of nitrogens with one attached hydrogen (secondary N) is 1. The smallest absolute Gasteiger partial charge is 0.158 e. The molecule has 112 valence electrons. The highest BCUT2D eigenvalue weighted by atomic mass is 32.2. The van der Waals surface area contributed by atoms with Crippen molar-refractivity contribution in [3.8, 4) is 0 Å². The first-order valence-electron chi connectivity index (χ1n) is 6.95. The highest BCUT2D eigenvalue weighted by molar-refractivity contribution is 7.99. The van der Waals surface area contributed by atoms with E-state index in [1.807, 2.05) is 25.6 Å². The van der Waals surface area contributed by atoms with Crippen LogP contribution in [0.25, 0.3) is 0 Å². The van der Waals surface area contributed by atoms with Crippen LogP contribution in [0.1, 0.15) is 28.9 Å². The fourth-order valence-electron chi connectivity index (χ4n) is 2.19. The summed E-state index contributed by atoms with van der Waals surface area (Å²) in [7, 11) is 1.71. The lowest BCUT2D eigenvalue weighted by Crippen LogP contribution is -2.23. The predicted molar refractivity (Wildman–Crippen MR) is 81.1 cm³/mol. The summed E-state index contributed by atoms with van der Waals surface area (Å²) in [5, 5.41) is 3.34. The van der Waals surface area contributed by atoms with Gasteiger partial charge in [-0.2, -0.15) is 11.8 Å². The number of aryl methyl sites for hydroxylation is 2. The van der Waals surface area contributed by atoms with Crippen LogP contribution in [0.15, 0.2) is 0 Å². The van der Waals surface area contributed by atoms with Crippen LogP contribution in [-0.2, 0) is 16.0 Å². The van der Waals surface area contributed by atoms with Crippen molar-refractivity contribution in [2.75, 3.05) is 38.4 Å². The third kappa shape index (κ3) is 4.15. The van der Waals surface area contributed by atoms with Crippen molar-refractivity contribution >= 4 is 11.8 Å². The molecule has 1 aromatic rings. The van der Waals surface area contributed by atoms with Gasteiger partial charge in [-0.25, -0.2) is 9.97 Å². The largest absolute Gasteiger partial charge is 0.383 e. The van der Waals surface area contributed by atoms with E-state index in [2.05, 4.69) is 15.3 Å². The fourth-order valence-corrected chi connectivity index (χ4v) is 3.03. The zero-order valence-corrected chi connectivity index (χ0v) is 13.3. The number of methoxy groups -OCH3 is 1. The van der Waals surface area contributed by atoms with Crippen molar-refractivity contribution in [3.05, 3.63) is 22.8 Å². The van der Waals surface area contributed by atoms with E-state index in [0.29, 0.717) is 6.61 Å². The first-order valence-corrected chi connectivity index (χ1v) is 8.11. The summed E-state index contributed by atoms with van der Waals surface area (Å²) < 4.78 is 10.8. The SMILES string of the molecule is COCCNCc1c(C)nc(C2CSCCO2)nc1C. The first-order chi connectivity index (χ1) is 9.72. The molecule has 0 aromatic carbocycles. The highest BCUT2D eigenvalue weighted by Crippen LogP contribution is 2.25. The van der Waals surface area contributed by atoms with Gasteiger partial charge in [0.05, 0.1) is 13.2 Å². The van der Waals surface area contributed by atoms with E-state index in [1.165, 1.54) is 5.56 Å². The Morgan fingerprint density at radius 2 is 2.10 bits per heavy atom. The van der Waals surface area contributed by atoms with Gasteiger partial charge in [0.25, 0.3) is 0 Å². The van der Waals surface area contributed by atoms with Gasteiger partial charge in [0, 0.05) is 48.7 Å². The Kier molecular flexibility index (Phi) is 6.22. The Hall–Kier alpha value is -0.690. The monoisotopic (exact) mass is 297 g/mol. The Morgan fingerprint density at radius 3 is 2.70 bits per heavy atom. The maximum atomic E-state index is 5.75. The zero-order valence-electron chi connectivity index (χ0n) is 12.4. The number of aromatic nitrogens is 2. The van der Waals surface area contributed by atoms with Gasteiger partial charge in [0.1, 0.15) is 6.10 Å². The van der Waals surface area contributed by atoms with E-state index in [9.17, 15) is 0 Å². The van der Waals surface area contributed by atoms with Crippen LogP contribution in [0.4, 0.5) is 0 Å². The second-order valence-electron chi connectivity index (χ2n) is 4.84. The molecule has 2 heterocycles. The lowest BCUT2D eigenvalue weighted by atomic mass is 10.1. The van der Waals surface area contributed by atoms with Gasteiger partial charge in [-0.05, 0) is 13.8 Å². The van der Waals surface area contributed by atoms with Gasteiger partial charge in [-0.3, -0.25) is 0 Å². The molecule has 1 aliphatic rings. The molecule has 2 rings (SSSR count). The van der Waals surface area contributed by atoms with Crippen LogP contribution >= 0.6 is 11.8 Å². The minimum atomic E-state index is 0.0432. The van der Waals surface area contributed by atoms with Gasteiger partial charge in [0.2, 0.25) is 0 Å². The average molecular weight is 297 g/mol. The van der Waals surface area contributed by atoms with E-state index in [4.69, 9.17) is 9.47 Å². The minimum Gasteiger partial charge on any atom is -0.383 e. The normalized spacial score (nSPS) is 19.2. The van der Waals surface area contributed by atoms with Crippen LogP contribution in [-0.4, -0.2) is 48.3 Å². The molecule has 0 saturated carbocycles. The molecule has 0 spiro atoms. The molecule has 5 nitrogen and oxygen atoms in total. The van der Waals surface area contributed by atoms with Crippen molar-refractivity contribution in [3.63, 3.8) is 0 Å². The van der Waals surface area contributed by atoms with E-state index >= 15 is 0 Å². The topological polar surface area (TPSA) is 56.3 Å². The van der Waals surface area contributed by atoms with Crippen LogP contribution in [0.3, 0.4) is 0 Å². The van der Waals surface area contributed by atoms with Gasteiger partial charge in [0.15, 0.2) is 5.82 Å². The third-order valence-electron chi connectivity index (χ3n) is 3.33. The summed E-state index contributed by atoms with van der Waals surface area (Å²) in [6.07, 6.45) is 0.0432. The van der Waals surface area contributed by atoms with Crippen molar-refractivity contribution in [1.82, 2.24) is 15.3 Å². The molecule has 0 radical (unpaired) electrons. The second kappa shape index (κ2) is 7.93. The lowest BCUT2D eigenvalue weighted by Gasteiger charge is -2.22. The fraction of sp³-hybridized carbons (Fsp3) is 0.714. The van der Waals surface area contributed by atoms with Crippen molar-refractivity contribution in [2.24, 2.45) is 0 Å². The molecule has 1 unspecified atom stereocenters. The molecule has 1 aromatic heterocycles. The van der Waals surface area contributed by atoms with E-state index < -0.39 is 0 Å². The van der Waals surface area contributed by atoms with Crippen molar-refractivity contribution in [1.29, 1.82) is 0 Å². The molecule has 0 aliphatic carbocycles. The predicted octanol–water partition coefficient (Wildman–Crippen LogP) is 1.63. The maximum absolute atomic E-state index is 5.75. The third-order valence-corrected chi connectivity index (χ3v) is 4.32. The zero-order chi connectivity index (χ0) is 14.4. The molecule has 1 fully saturated rings. The first kappa shape index (κ1) is 15.7. The number of hydrogen-bond acceptors (Lipinski definition) is 6. The molecule has 1 N–H and O–H groups in total. The number of hydrogen-bond donors (Lipinski definition) is 1. The van der Waals surface area contributed by atoms with Gasteiger partial charge in [-0.1, -0.05) is 0 Å². The number of rotatable bonds is 6. The Balaban J connectivity index is 2.03. The number of nitrogens with zero attached hydrogens (tertiary/aromatic N) is 2. The summed E-state index contributed by atoms with van der Waals surface area (Å²) in [6.45, 7) is 7.20.